The molecule has 5 heteroatoms. The first-order chi connectivity index (χ1) is 13.1. The fourth-order valence-corrected chi connectivity index (χ4v) is 3.66. The highest BCUT2D eigenvalue weighted by atomic mass is 16.2. The average Bonchev–Trinajstić information content (AvgIpc) is 3.09. The molecule has 2 aromatic carbocycles. The molecule has 1 saturated heterocycles. The molecule has 2 heterocycles. The van der Waals surface area contributed by atoms with E-state index in [0.29, 0.717) is 13.1 Å². The second-order valence-electron chi connectivity index (χ2n) is 6.94. The number of carbonyl (C=O) groups excluding carboxylic acids is 2. The summed E-state index contributed by atoms with van der Waals surface area (Å²) in [5.74, 6) is -0.354. The van der Waals surface area contributed by atoms with Crippen LogP contribution in [0, 0.1) is 5.92 Å². The first-order valence-corrected chi connectivity index (χ1v) is 9.06. The third kappa shape index (κ3) is 3.40. The van der Waals surface area contributed by atoms with E-state index in [-0.39, 0.29) is 24.2 Å². The van der Waals surface area contributed by atoms with Crippen molar-refractivity contribution in [2.24, 2.45) is 5.92 Å². The summed E-state index contributed by atoms with van der Waals surface area (Å²) in [7, 11) is 1.79. The topological polar surface area (TPSA) is 53.5 Å². The zero-order valence-electron chi connectivity index (χ0n) is 15.2. The Morgan fingerprint density at radius 3 is 2.70 bits per heavy atom. The third-order valence-electron chi connectivity index (χ3n) is 5.02. The Balaban J connectivity index is 1.52. The predicted molar refractivity (Wildman–Crippen MR) is 105 cm³/mol. The van der Waals surface area contributed by atoms with Gasteiger partial charge in [-0.15, -0.1) is 0 Å². The fourth-order valence-electron chi connectivity index (χ4n) is 3.66. The molecule has 0 spiro atoms. The molecule has 1 aromatic heterocycles. The standard InChI is InChI=1S/C22H21N3O2/c1-24(14-16-7-3-2-4-8-16)22(27)18-13-20(26)25(15-18)19-11-5-9-17-10-6-12-23-21(17)19/h2-12,18H,13-15H2,1H3. The number of benzene rings is 2. The highest BCUT2D eigenvalue weighted by Crippen LogP contribution is 2.31. The average molecular weight is 359 g/mol. The maximum absolute atomic E-state index is 12.9. The second kappa shape index (κ2) is 7.19. The molecular formula is C22H21N3O2. The Kier molecular flexibility index (Phi) is 4.59. The minimum atomic E-state index is -0.329. The van der Waals surface area contributed by atoms with Crippen LogP contribution in [-0.4, -0.2) is 35.3 Å². The summed E-state index contributed by atoms with van der Waals surface area (Å²) < 4.78 is 0. The molecule has 0 aliphatic carbocycles. The van der Waals surface area contributed by atoms with E-state index >= 15 is 0 Å². The fraction of sp³-hybridized carbons (Fsp3) is 0.227. The maximum Gasteiger partial charge on any atom is 0.228 e. The van der Waals surface area contributed by atoms with Gasteiger partial charge in [0.1, 0.15) is 0 Å². The van der Waals surface area contributed by atoms with E-state index in [0.717, 1.165) is 22.2 Å². The first kappa shape index (κ1) is 17.2. The monoisotopic (exact) mass is 359 g/mol. The van der Waals surface area contributed by atoms with Crippen LogP contribution in [0.1, 0.15) is 12.0 Å². The van der Waals surface area contributed by atoms with Crippen molar-refractivity contribution in [2.75, 3.05) is 18.5 Å². The van der Waals surface area contributed by atoms with Gasteiger partial charge in [0.05, 0.1) is 17.1 Å². The van der Waals surface area contributed by atoms with Crippen molar-refractivity contribution >= 4 is 28.4 Å². The molecule has 4 rings (SSSR count). The Labute approximate surface area is 158 Å². The van der Waals surface area contributed by atoms with E-state index < -0.39 is 0 Å². The summed E-state index contributed by atoms with van der Waals surface area (Å²) in [5, 5.41) is 0.985. The Morgan fingerprint density at radius 1 is 1.11 bits per heavy atom. The van der Waals surface area contributed by atoms with E-state index in [1.165, 1.54) is 0 Å². The van der Waals surface area contributed by atoms with Gasteiger partial charge in [-0.05, 0) is 17.7 Å². The van der Waals surface area contributed by atoms with Gasteiger partial charge in [0.25, 0.3) is 0 Å². The minimum absolute atomic E-state index is 0.00268. The number of hydrogen-bond donors (Lipinski definition) is 0. The van der Waals surface area contributed by atoms with E-state index in [4.69, 9.17) is 0 Å². The molecule has 136 valence electrons. The van der Waals surface area contributed by atoms with Crippen LogP contribution in [0.2, 0.25) is 0 Å². The van der Waals surface area contributed by atoms with Crippen molar-refractivity contribution in [2.45, 2.75) is 13.0 Å². The summed E-state index contributed by atoms with van der Waals surface area (Å²) >= 11 is 0. The van der Waals surface area contributed by atoms with Crippen molar-refractivity contribution in [3.8, 4) is 0 Å². The van der Waals surface area contributed by atoms with Gasteiger partial charge < -0.3 is 9.80 Å². The molecule has 5 nitrogen and oxygen atoms in total. The number of rotatable bonds is 4. The molecule has 1 aliphatic heterocycles. The van der Waals surface area contributed by atoms with Gasteiger partial charge in [0.2, 0.25) is 11.8 Å². The number of aromatic nitrogens is 1. The molecule has 0 N–H and O–H groups in total. The van der Waals surface area contributed by atoms with Crippen molar-refractivity contribution in [3.05, 3.63) is 72.4 Å². The van der Waals surface area contributed by atoms with Crippen LogP contribution in [0.5, 0.6) is 0 Å². The highest BCUT2D eigenvalue weighted by molar-refractivity contribution is 6.05. The number of nitrogens with zero attached hydrogens (tertiary/aromatic N) is 3. The maximum atomic E-state index is 12.9. The lowest BCUT2D eigenvalue weighted by atomic mass is 10.1. The predicted octanol–water partition coefficient (Wildman–Crippen LogP) is 3.25. The normalized spacial score (nSPS) is 16.7. The Bertz CT molecular complexity index is 982. The van der Waals surface area contributed by atoms with Crippen LogP contribution in [-0.2, 0) is 16.1 Å². The van der Waals surface area contributed by atoms with Crippen molar-refractivity contribution in [1.29, 1.82) is 0 Å². The first-order valence-electron chi connectivity index (χ1n) is 9.06. The van der Waals surface area contributed by atoms with Crippen LogP contribution in [0.3, 0.4) is 0 Å². The smallest absolute Gasteiger partial charge is 0.228 e. The van der Waals surface area contributed by atoms with Crippen molar-refractivity contribution in [3.63, 3.8) is 0 Å². The van der Waals surface area contributed by atoms with Gasteiger partial charge >= 0.3 is 0 Å². The molecule has 0 saturated carbocycles. The molecule has 0 radical (unpaired) electrons. The highest BCUT2D eigenvalue weighted by Gasteiger charge is 2.37. The number of anilines is 1. The molecule has 3 aromatic rings. The van der Waals surface area contributed by atoms with Gasteiger partial charge in [-0.2, -0.15) is 0 Å². The quantitative estimate of drug-likeness (QED) is 0.719. The van der Waals surface area contributed by atoms with Crippen LogP contribution in [0.15, 0.2) is 66.9 Å². The third-order valence-corrected chi connectivity index (χ3v) is 5.02. The van der Waals surface area contributed by atoms with E-state index in [9.17, 15) is 9.59 Å². The molecule has 1 atom stereocenters. The summed E-state index contributed by atoms with van der Waals surface area (Å²) in [6, 6.07) is 19.5. The van der Waals surface area contributed by atoms with E-state index in [1.54, 1.807) is 23.0 Å². The van der Waals surface area contributed by atoms with E-state index in [1.807, 2.05) is 60.7 Å². The molecule has 2 amide bonds. The van der Waals surface area contributed by atoms with Gasteiger partial charge in [-0.25, -0.2) is 0 Å². The number of carbonyl (C=O) groups is 2. The zero-order valence-corrected chi connectivity index (χ0v) is 15.2. The van der Waals surface area contributed by atoms with Crippen LogP contribution in [0.4, 0.5) is 5.69 Å². The minimum Gasteiger partial charge on any atom is -0.341 e. The van der Waals surface area contributed by atoms with Gasteiger partial charge in [0, 0.05) is 38.1 Å². The molecule has 1 fully saturated rings. The number of fused-ring (bicyclic) bond motifs is 1. The molecule has 0 bridgehead atoms. The lowest BCUT2D eigenvalue weighted by Crippen LogP contribution is -2.34. The lowest BCUT2D eigenvalue weighted by Gasteiger charge is -2.22. The molecular weight excluding hydrogens is 338 g/mol. The summed E-state index contributed by atoms with van der Waals surface area (Å²) in [5.41, 5.74) is 2.64. The Morgan fingerprint density at radius 2 is 1.89 bits per heavy atom. The summed E-state index contributed by atoms with van der Waals surface area (Å²) in [6.45, 7) is 0.937. The summed E-state index contributed by atoms with van der Waals surface area (Å²) in [6.07, 6.45) is 1.96. The SMILES string of the molecule is CN(Cc1ccccc1)C(=O)C1CC(=O)N(c2cccc3cccnc23)C1. The Hall–Kier alpha value is -3.21. The van der Waals surface area contributed by atoms with Gasteiger partial charge in [-0.3, -0.25) is 14.6 Å². The van der Waals surface area contributed by atoms with Gasteiger partial charge in [0.15, 0.2) is 0 Å². The molecule has 27 heavy (non-hydrogen) atoms. The number of hydrogen-bond acceptors (Lipinski definition) is 3. The van der Waals surface area contributed by atoms with Crippen LogP contribution < -0.4 is 4.90 Å². The lowest BCUT2D eigenvalue weighted by molar-refractivity contribution is -0.135. The zero-order chi connectivity index (χ0) is 18.8. The largest absolute Gasteiger partial charge is 0.341 e. The number of pyridine rings is 1. The van der Waals surface area contributed by atoms with Crippen molar-refractivity contribution in [1.82, 2.24) is 9.88 Å². The van der Waals surface area contributed by atoms with Crippen molar-refractivity contribution < 1.29 is 9.59 Å². The molecule has 1 aliphatic rings. The van der Waals surface area contributed by atoms with Crippen LogP contribution >= 0.6 is 0 Å². The second-order valence-corrected chi connectivity index (χ2v) is 6.94. The number of amides is 2. The van der Waals surface area contributed by atoms with Gasteiger partial charge in [-0.1, -0.05) is 48.5 Å². The summed E-state index contributed by atoms with van der Waals surface area (Å²) in [4.78, 5) is 33.3. The van der Waals surface area contributed by atoms with E-state index in [2.05, 4.69) is 4.98 Å². The molecule has 1 unspecified atom stereocenters. The van der Waals surface area contributed by atoms with Crippen LogP contribution in [0.25, 0.3) is 10.9 Å². The number of para-hydroxylation sites is 1.